The van der Waals surface area contributed by atoms with Crippen LogP contribution < -0.4 is 5.09 Å². The van der Waals surface area contributed by atoms with Gasteiger partial charge in [0.05, 0.1) is 11.9 Å². The van der Waals surface area contributed by atoms with E-state index in [4.69, 9.17) is 11.6 Å². The molecule has 0 aliphatic rings. The maximum Gasteiger partial charge on any atom is 0.400 e. The zero-order chi connectivity index (χ0) is 18.8. The summed E-state index contributed by atoms with van der Waals surface area (Å²) in [6.45, 7) is 1.64. The SMILES string of the molecule is CP(=O)(Cc1ccc(-c2noc(C(F)(F)Cl)n2)cc1)Nc1cccnc1. The zero-order valence-corrected chi connectivity index (χ0v) is 15.2. The van der Waals surface area contributed by atoms with Gasteiger partial charge in [0.15, 0.2) is 7.29 Å². The summed E-state index contributed by atoms with van der Waals surface area (Å²) in [5.41, 5.74) is 1.97. The smallest absolute Gasteiger partial charge is 0.335 e. The number of nitrogens with zero attached hydrogens (tertiary/aromatic N) is 3. The van der Waals surface area contributed by atoms with E-state index in [1.807, 2.05) is 0 Å². The highest BCUT2D eigenvalue weighted by molar-refractivity contribution is 7.63. The number of anilines is 1. The molecule has 6 nitrogen and oxygen atoms in total. The molecule has 0 amide bonds. The van der Waals surface area contributed by atoms with Gasteiger partial charge >= 0.3 is 11.3 Å². The van der Waals surface area contributed by atoms with E-state index in [1.54, 1.807) is 55.5 Å². The summed E-state index contributed by atoms with van der Waals surface area (Å²) in [6, 6.07) is 10.3. The molecular formula is C16H14ClF2N4O2P. The van der Waals surface area contributed by atoms with Crippen LogP contribution in [0.3, 0.4) is 0 Å². The third-order valence-electron chi connectivity index (χ3n) is 3.39. The monoisotopic (exact) mass is 398 g/mol. The third kappa shape index (κ3) is 4.65. The predicted molar refractivity (Wildman–Crippen MR) is 94.6 cm³/mol. The number of aromatic nitrogens is 3. The zero-order valence-electron chi connectivity index (χ0n) is 13.6. The molecule has 3 aromatic rings. The van der Waals surface area contributed by atoms with Gasteiger partial charge < -0.3 is 14.2 Å². The average Bonchev–Trinajstić information content (AvgIpc) is 3.06. The Morgan fingerprint density at radius 3 is 2.58 bits per heavy atom. The fourth-order valence-electron chi connectivity index (χ4n) is 2.31. The molecule has 136 valence electrons. The molecule has 0 saturated carbocycles. The molecule has 0 spiro atoms. The number of alkyl halides is 3. The van der Waals surface area contributed by atoms with Crippen LogP contribution in [0, 0.1) is 0 Å². The lowest BCUT2D eigenvalue weighted by atomic mass is 10.1. The normalized spacial score (nSPS) is 14.0. The molecule has 1 unspecified atom stereocenters. The molecule has 0 fully saturated rings. The molecular weight excluding hydrogens is 385 g/mol. The van der Waals surface area contributed by atoms with Gasteiger partial charge in [-0.2, -0.15) is 13.8 Å². The van der Waals surface area contributed by atoms with Gasteiger partial charge in [0.2, 0.25) is 5.82 Å². The molecule has 0 aliphatic carbocycles. The van der Waals surface area contributed by atoms with Gasteiger partial charge in [-0.05, 0) is 29.3 Å². The quantitative estimate of drug-likeness (QED) is 0.468. The molecule has 0 aliphatic heterocycles. The number of nitrogens with one attached hydrogen (secondary N) is 1. The average molecular weight is 399 g/mol. The molecule has 0 radical (unpaired) electrons. The first kappa shape index (κ1) is 18.5. The lowest BCUT2D eigenvalue weighted by Gasteiger charge is -2.16. The molecule has 0 bridgehead atoms. The molecule has 1 aromatic carbocycles. The summed E-state index contributed by atoms with van der Waals surface area (Å²) in [5.74, 6) is -0.961. The Bertz CT molecular complexity index is 929. The number of rotatable bonds is 6. The van der Waals surface area contributed by atoms with E-state index < -0.39 is 18.6 Å². The van der Waals surface area contributed by atoms with Crippen LogP contribution in [-0.2, 0) is 16.1 Å². The lowest BCUT2D eigenvalue weighted by Crippen LogP contribution is -2.03. The van der Waals surface area contributed by atoms with Gasteiger partial charge in [-0.25, -0.2) is 0 Å². The fraction of sp³-hybridized carbons (Fsp3) is 0.188. The van der Waals surface area contributed by atoms with E-state index in [0.717, 1.165) is 5.56 Å². The van der Waals surface area contributed by atoms with E-state index in [-0.39, 0.29) is 5.82 Å². The largest absolute Gasteiger partial charge is 0.400 e. The van der Waals surface area contributed by atoms with Gasteiger partial charge in [-0.3, -0.25) is 4.98 Å². The van der Waals surface area contributed by atoms with Crippen molar-refractivity contribution in [2.75, 3.05) is 11.8 Å². The van der Waals surface area contributed by atoms with Gasteiger partial charge in [-0.15, -0.1) is 0 Å². The number of benzene rings is 1. The lowest BCUT2D eigenvalue weighted by molar-refractivity contribution is 0.0551. The summed E-state index contributed by atoms with van der Waals surface area (Å²) >= 11 is 4.85. The van der Waals surface area contributed by atoms with E-state index in [1.165, 1.54) is 0 Å². The second-order valence-corrected chi connectivity index (χ2v) is 8.95. The van der Waals surface area contributed by atoms with Crippen molar-refractivity contribution in [3.8, 4) is 11.4 Å². The molecule has 1 atom stereocenters. The van der Waals surface area contributed by atoms with Crippen LogP contribution in [0.15, 0.2) is 53.3 Å². The Labute approximate surface area is 153 Å². The molecule has 3 rings (SSSR count). The first-order valence-corrected chi connectivity index (χ1v) is 10.2. The standard InChI is InChI=1S/C16H14ClF2N4O2P/c1-26(24,23-13-3-2-8-20-9-13)10-11-4-6-12(7-5-11)14-21-15(25-22-14)16(17,18)19/h2-9H,10H2,1H3,(H,23,24). The summed E-state index contributed by atoms with van der Waals surface area (Å²) < 4.78 is 43.1. The van der Waals surface area contributed by atoms with Crippen LogP contribution >= 0.6 is 18.9 Å². The maximum absolute atomic E-state index is 12.9. The minimum atomic E-state index is -3.71. The van der Waals surface area contributed by atoms with Crippen molar-refractivity contribution in [3.63, 3.8) is 0 Å². The minimum absolute atomic E-state index is 0.0000380. The first-order valence-electron chi connectivity index (χ1n) is 7.48. The van der Waals surface area contributed by atoms with Crippen molar-refractivity contribution >= 4 is 24.6 Å². The highest BCUT2D eigenvalue weighted by Crippen LogP contribution is 2.44. The Balaban J connectivity index is 1.71. The Morgan fingerprint density at radius 1 is 1.27 bits per heavy atom. The summed E-state index contributed by atoms with van der Waals surface area (Å²) in [4.78, 5) is 7.55. The maximum atomic E-state index is 12.9. The van der Waals surface area contributed by atoms with Crippen LogP contribution in [0.4, 0.5) is 14.5 Å². The molecule has 1 N–H and O–H groups in total. The van der Waals surface area contributed by atoms with E-state index in [2.05, 4.69) is 24.7 Å². The summed E-state index contributed by atoms with van der Waals surface area (Å²) in [5, 5.41) is 2.77. The van der Waals surface area contributed by atoms with Gasteiger partial charge in [0, 0.05) is 24.6 Å². The fourth-order valence-corrected chi connectivity index (χ4v) is 4.05. The topological polar surface area (TPSA) is 80.9 Å². The van der Waals surface area contributed by atoms with E-state index in [0.29, 0.717) is 17.4 Å². The van der Waals surface area contributed by atoms with Crippen molar-refractivity contribution < 1.29 is 17.9 Å². The minimum Gasteiger partial charge on any atom is -0.335 e. The van der Waals surface area contributed by atoms with Crippen molar-refractivity contribution in [1.29, 1.82) is 0 Å². The number of pyridine rings is 1. The predicted octanol–water partition coefficient (Wildman–Crippen LogP) is 4.94. The molecule has 26 heavy (non-hydrogen) atoms. The van der Waals surface area contributed by atoms with E-state index >= 15 is 0 Å². The second kappa shape index (κ2) is 7.13. The van der Waals surface area contributed by atoms with Crippen LogP contribution in [-0.4, -0.2) is 21.8 Å². The number of hydrogen-bond donors (Lipinski definition) is 1. The van der Waals surface area contributed by atoms with Crippen LogP contribution in [0.1, 0.15) is 11.5 Å². The third-order valence-corrected chi connectivity index (χ3v) is 5.25. The summed E-state index contributed by atoms with van der Waals surface area (Å²) in [7, 11) is -2.70. The van der Waals surface area contributed by atoms with Crippen molar-refractivity contribution in [2.24, 2.45) is 0 Å². The molecule has 10 heteroatoms. The Hall–Kier alpha value is -2.31. The number of halogens is 3. The molecule has 2 heterocycles. The van der Waals surface area contributed by atoms with Crippen molar-refractivity contribution in [2.45, 2.75) is 11.5 Å². The molecule has 0 saturated heterocycles. The van der Waals surface area contributed by atoms with Gasteiger partial charge in [0.1, 0.15) is 0 Å². The van der Waals surface area contributed by atoms with Gasteiger partial charge in [-0.1, -0.05) is 29.4 Å². The molecule has 2 aromatic heterocycles. The van der Waals surface area contributed by atoms with Crippen LogP contribution in [0.2, 0.25) is 0 Å². The highest BCUT2D eigenvalue weighted by Gasteiger charge is 2.35. The Kier molecular flexibility index (Phi) is 5.07. The first-order chi connectivity index (χ1) is 12.2. The number of hydrogen-bond acceptors (Lipinski definition) is 5. The Morgan fingerprint density at radius 2 is 2.00 bits per heavy atom. The van der Waals surface area contributed by atoms with Crippen molar-refractivity contribution in [1.82, 2.24) is 15.1 Å². The highest BCUT2D eigenvalue weighted by atomic mass is 35.5. The second-order valence-electron chi connectivity index (χ2n) is 5.73. The van der Waals surface area contributed by atoms with E-state index in [9.17, 15) is 13.3 Å². The summed E-state index contributed by atoms with van der Waals surface area (Å²) in [6.07, 6.45) is 3.53. The van der Waals surface area contributed by atoms with Crippen molar-refractivity contribution in [3.05, 3.63) is 60.2 Å². The van der Waals surface area contributed by atoms with Crippen LogP contribution in [0.5, 0.6) is 0 Å². The van der Waals surface area contributed by atoms with Gasteiger partial charge in [0.25, 0.3) is 0 Å². The van der Waals surface area contributed by atoms with Crippen LogP contribution in [0.25, 0.3) is 11.4 Å².